The Morgan fingerprint density at radius 1 is 1.15 bits per heavy atom. The molecule has 0 bridgehead atoms. The van der Waals surface area contributed by atoms with Gasteiger partial charge in [-0.15, -0.1) is 0 Å². The summed E-state index contributed by atoms with van der Waals surface area (Å²) >= 11 is 3.24. The summed E-state index contributed by atoms with van der Waals surface area (Å²) in [5.74, 6) is 0.235. The number of sulfonamides is 1. The summed E-state index contributed by atoms with van der Waals surface area (Å²) in [4.78, 5) is 0.107. The summed E-state index contributed by atoms with van der Waals surface area (Å²) in [5, 5.41) is 9.76. The monoisotopic (exact) mass is 357 g/mol. The fourth-order valence-electron chi connectivity index (χ4n) is 1.54. The Bertz CT molecular complexity index is 714. The number of benzene rings is 2. The maximum absolute atomic E-state index is 12.2. The Balaban J connectivity index is 2.31. The van der Waals surface area contributed by atoms with Crippen LogP contribution in [0.3, 0.4) is 0 Å². The lowest BCUT2D eigenvalue weighted by atomic mass is 10.3. The van der Waals surface area contributed by atoms with Crippen LogP contribution < -0.4 is 9.46 Å². The number of rotatable bonds is 4. The Hall–Kier alpha value is -1.73. The van der Waals surface area contributed by atoms with E-state index in [0.29, 0.717) is 5.75 Å². The summed E-state index contributed by atoms with van der Waals surface area (Å²) in [6, 6.07) is 10.5. The average Bonchev–Trinajstić information content (AvgIpc) is 2.41. The zero-order valence-electron chi connectivity index (χ0n) is 10.5. The highest BCUT2D eigenvalue weighted by Crippen LogP contribution is 2.29. The first-order chi connectivity index (χ1) is 9.42. The molecule has 0 aliphatic heterocycles. The minimum Gasteiger partial charge on any atom is -0.506 e. The van der Waals surface area contributed by atoms with Gasteiger partial charge in [0.05, 0.1) is 17.7 Å². The molecule has 0 saturated carbocycles. The van der Waals surface area contributed by atoms with Gasteiger partial charge in [-0.3, -0.25) is 4.72 Å². The largest absolute Gasteiger partial charge is 0.506 e. The molecule has 2 aromatic carbocycles. The van der Waals surface area contributed by atoms with E-state index in [4.69, 9.17) is 4.74 Å². The first kappa shape index (κ1) is 14.7. The molecular formula is C13H12BrNO4S. The number of ether oxygens (including phenoxy) is 1. The van der Waals surface area contributed by atoms with Crippen LogP contribution >= 0.6 is 15.9 Å². The van der Waals surface area contributed by atoms with Crippen molar-refractivity contribution in [2.24, 2.45) is 0 Å². The van der Waals surface area contributed by atoms with E-state index in [-0.39, 0.29) is 16.3 Å². The van der Waals surface area contributed by atoms with Crippen LogP contribution in [-0.2, 0) is 10.0 Å². The molecule has 0 saturated heterocycles. The number of phenols is 1. The predicted molar refractivity (Wildman–Crippen MR) is 79.6 cm³/mol. The molecule has 0 aliphatic rings. The van der Waals surface area contributed by atoms with Crippen molar-refractivity contribution in [3.05, 3.63) is 46.9 Å². The number of hydrogen-bond donors (Lipinski definition) is 2. The van der Waals surface area contributed by atoms with Gasteiger partial charge >= 0.3 is 0 Å². The molecule has 0 heterocycles. The van der Waals surface area contributed by atoms with Crippen LogP contribution in [0.4, 0.5) is 5.69 Å². The highest BCUT2D eigenvalue weighted by Gasteiger charge is 2.16. The number of anilines is 1. The van der Waals surface area contributed by atoms with Crippen molar-refractivity contribution in [3.63, 3.8) is 0 Å². The van der Waals surface area contributed by atoms with Crippen LogP contribution in [0.5, 0.6) is 11.5 Å². The normalized spacial score (nSPS) is 11.1. The van der Waals surface area contributed by atoms with Gasteiger partial charge in [-0.05, 0) is 36.4 Å². The highest BCUT2D eigenvalue weighted by molar-refractivity contribution is 9.10. The molecule has 2 aromatic rings. The number of phenolic OH excluding ortho intramolecular Hbond substituents is 1. The second-order valence-corrected chi connectivity index (χ2v) is 6.54. The molecular weight excluding hydrogens is 346 g/mol. The molecule has 0 aliphatic carbocycles. The third-order valence-corrected chi connectivity index (χ3v) is 4.48. The second kappa shape index (κ2) is 5.72. The van der Waals surface area contributed by atoms with Gasteiger partial charge < -0.3 is 9.84 Å². The molecule has 0 spiro atoms. The van der Waals surface area contributed by atoms with Crippen molar-refractivity contribution in [2.45, 2.75) is 4.90 Å². The Labute approximate surface area is 125 Å². The third kappa shape index (κ3) is 3.23. The van der Waals surface area contributed by atoms with Crippen LogP contribution in [0.1, 0.15) is 0 Å². The van der Waals surface area contributed by atoms with E-state index in [1.165, 1.54) is 31.4 Å². The van der Waals surface area contributed by atoms with Crippen molar-refractivity contribution >= 4 is 31.6 Å². The zero-order valence-corrected chi connectivity index (χ0v) is 12.9. The molecule has 0 amide bonds. The standard InChI is InChI=1S/C13H12BrNO4S/c1-19-10-4-7-12(13(16)8-10)15-20(17,18)11-5-2-9(14)3-6-11/h2-8,15-16H,1H3. The van der Waals surface area contributed by atoms with Crippen LogP contribution in [-0.4, -0.2) is 20.6 Å². The fraction of sp³-hybridized carbons (Fsp3) is 0.0769. The molecule has 2 N–H and O–H groups in total. The number of methoxy groups -OCH3 is 1. The van der Waals surface area contributed by atoms with Gasteiger partial charge in [0.1, 0.15) is 11.5 Å². The van der Waals surface area contributed by atoms with Crippen molar-refractivity contribution < 1.29 is 18.3 Å². The zero-order chi connectivity index (χ0) is 14.8. The van der Waals surface area contributed by atoms with E-state index in [1.807, 2.05) is 0 Å². The first-order valence-corrected chi connectivity index (χ1v) is 7.85. The molecule has 0 aromatic heterocycles. The first-order valence-electron chi connectivity index (χ1n) is 5.58. The summed E-state index contributed by atoms with van der Waals surface area (Å²) in [7, 11) is -2.29. The van der Waals surface area contributed by atoms with Gasteiger partial charge in [0.15, 0.2) is 0 Å². The summed E-state index contributed by atoms with van der Waals surface area (Å²) in [6.45, 7) is 0. The Morgan fingerprint density at radius 3 is 2.35 bits per heavy atom. The van der Waals surface area contributed by atoms with Crippen LogP contribution in [0, 0.1) is 0 Å². The van der Waals surface area contributed by atoms with Gasteiger partial charge in [-0.25, -0.2) is 8.42 Å². The van der Waals surface area contributed by atoms with Gasteiger partial charge in [0, 0.05) is 10.5 Å². The molecule has 20 heavy (non-hydrogen) atoms. The van der Waals surface area contributed by atoms with E-state index in [2.05, 4.69) is 20.7 Å². The maximum atomic E-state index is 12.2. The summed E-state index contributed by atoms with van der Waals surface area (Å²) < 4.78 is 32.3. The van der Waals surface area contributed by atoms with Gasteiger partial charge in [0.2, 0.25) is 0 Å². The smallest absolute Gasteiger partial charge is 0.262 e. The molecule has 106 valence electrons. The third-order valence-electron chi connectivity index (χ3n) is 2.57. The van der Waals surface area contributed by atoms with Crippen LogP contribution in [0.2, 0.25) is 0 Å². The molecule has 2 rings (SSSR count). The minimum absolute atomic E-state index is 0.0914. The van der Waals surface area contributed by atoms with Crippen LogP contribution in [0.15, 0.2) is 51.8 Å². The topological polar surface area (TPSA) is 75.6 Å². The van der Waals surface area contributed by atoms with E-state index in [0.717, 1.165) is 4.47 Å². The van der Waals surface area contributed by atoms with Crippen molar-refractivity contribution in [3.8, 4) is 11.5 Å². The highest BCUT2D eigenvalue weighted by atomic mass is 79.9. The van der Waals surface area contributed by atoms with E-state index in [9.17, 15) is 13.5 Å². The lowest BCUT2D eigenvalue weighted by Gasteiger charge is -2.10. The summed E-state index contributed by atoms with van der Waals surface area (Å²) in [5.41, 5.74) is 0.0914. The van der Waals surface area contributed by atoms with E-state index >= 15 is 0 Å². The van der Waals surface area contributed by atoms with Crippen molar-refractivity contribution in [2.75, 3.05) is 11.8 Å². The van der Waals surface area contributed by atoms with E-state index < -0.39 is 10.0 Å². The SMILES string of the molecule is COc1ccc(NS(=O)(=O)c2ccc(Br)cc2)c(O)c1. The van der Waals surface area contributed by atoms with Crippen molar-refractivity contribution in [1.29, 1.82) is 0 Å². The molecule has 0 radical (unpaired) electrons. The molecule has 0 fully saturated rings. The van der Waals surface area contributed by atoms with Gasteiger partial charge in [-0.1, -0.05) is 15.9 Å². The average molecular weight is 358 g/mol. The fourth-order valence-corrected chi connectivity index (χ4v) is 2.88. The molecule has 0 unspecified atom stereocenters. The van der Waals surface area contributed by atoms with E-state index in [1.54, 1.807) is 18.2 Å². The maximum Gasteiger partial charge on any atom is 0.262 e. The molecule has 5 nitrogen and oxygen atoms in total. The lowest BCUT2D eigenvalue weighted by Crippen LogP contribution is -2.12. The minimum atomic E-state index is -3.74. The van der Waals surface area contributed by atoms with Gasteiger partial charge in [-0.2, -0.15) is 0 Å². The molecule has 7 heteroatoms. The predicted octanol–water partition coefficient (Wildman–Crippen LogP) is 2.96. The quantitative estimate of drug-likeness (QED) is 0.824. The number of hydrogen-bond acceptors (Lipinski definition) is 4. The second-order valence-electron chi connectivity index (χ2n) is 3.94. The number of halogens is 1. The lowest BCUT2D eigenvalue weighted by molar-refractivity contribution is 0.408. The number of nitrogens with one attached hydrogen (secondary N) is 1. The Morgan fingerprint density at radius 2 is 1.80 bits per heavy atom. The van der Waals surface area contributed by atoms with Crippen LogP contribution in [0.25, 0.3) is 0 Å². The Kier molecular flexibility index (Phi) is 4.20. The molecule has 0 atom stereocenters. The van der Waals surface area contributed by atoms with Gasteiger partial charge in [0.25, 0.3) is 10.0 Å². The van der Waals surface area contributed by atoms with Crippen molar-refractivity contribution in [1.82, 2.24) is 0 Å². The summed E-state index contributed by atoms with van der Waals surface area (Å²) in [6.07, 6.45) is 0. The number of aromatic hydroxyl groups is 1.